The van der Waals surface area contributed by atoms with E-state index in [-0.39, 0.29) is 11.7 Å². The van der Waals surface area contributed by atoms with Crippen LogP contribution in [0.15, 0.2) is 24.3 Å². The second kappa shape index (κ2) is 8.10. The van der Waals surface area contributed by atoms with Crippen LogP contribution in [-0.2, 0) is 11.2 Å². The molecule has 1 heterocycles. The van der Waals surface area contributed by atoms with E-state index in [0.717, 1.165) is 25.1 Å². The first-order valence-electron chi connectivity index (χ1n) is 7.57. The SMILES string of the molecule is CN1CCCC1CNCC(=O)NCCc1ccc(F)cc1. The molecule has 1 saturated heterocycles. The van der Waals surface area contributed by atoms with Crippen LogP contribution in [-0.4, -0.2) is 50.1 Å². The third kappa shape index (κ3) is 5.44. The van der Waals surface area contributed by atoms with Gasteiger partial charge in [0.2, 0.25) is 5.91 Å². The van der Waals surface area contributed by atoms with Gasteiger partial charge in [0.05, 0.1) is 6.54 Å². The minimum atomic E-state index is -0.233. The fraction of sp³-hybridized carbons (Fsp3) is 0.562. The average Bonchev–Trinajstić information content (AvgIpc) is 2.87. The maximum absolute atomic E-state index is 12.8. The molecule has 116 valence electrons. The van der Waals surface area contributed by atoms with E-state index in [1.54, 1.807) is 12.1 Å². The number of hydrogen-bond acceptors (Lipinski definition) is 3. The van der Waals surface area contributed by atoms with Crippen molar-refractivity contribution >= 4 is 5.91 Å². The molecule has 0 saturated carbocycles. The highest BCUT2D eigenvalue weighted by molar-refractivity contribution is 5.77. The van der Waals surface area contributed by atoms with Gasteiger partial charge in [-0.3, -0.25) is 4.79 Å². The second-order valence-corrected chi connectivity index (χ2v) is 5.63. The van der Waals surface area contributed by atoms with Gasteiger partial charge in [-0.25, -0.2) is 4.39 Å². The van der Waals surface area contributed by atoms with Gasteiger partial charge >= 0.3 is 0 Å². The first-order chi connectivity index (χ1) is 10.1. The first kappa shape index (κ1) is 15.9. The molecule has 2 rings (SSSR count). The van der Waals surface area contributed by atoms with Gasteiger partial charge in [-0.15, -0.1) is 0 Å². The van der Waals surface area contributed by atoms with Gasteiger partial charge in [0.25, 0.3) is 0 Å². The summed E-state index contributed by atoms with van der Waals surface area (Å²) in [6.45, 7) is 2.95. The zero-order valence-electron chi connectivity index (χ0n) is 12.6. The third-order valence-corrected chi connectivity index (χ3v) is 3.99. The predicted molar refractivity (Wildman–Crippen MR) is 81.6 cm³/mol. The molecule has 0 aromatic heterocycles. The first-order valence-corrected chi connectivity index (χ1v) is 7.57. The number of carbonyl (C=O) groups is 1. The average molecular weight is 293 g/mol. The molecule has 21 heavy (non-hydrogen) atoms. The van der Waals surface area contributed by atoms with Crippen molar-refractivity contribution in [3.8, 4) is 0 Å². The Kier molecular flexibility index (Phi) is 6.14. The van der Waals surface area contributed by atoms with Gasteiger partial charge in [0.1, 0.15) is 5.82 Å². The van der Waals surface area contributed by atoms with Crippen LogP contribution in [0.5, 0.6) is 0 Å². The summed E-state index contributed by atoms with van der Waals surface area (Å²) in [5.41, 5.74) is 1.03. The smallest absolute Gasteiger partial charge is 0.233 e. The Morgan fingerprint density at radius 3 is 2.81 bits per heavy atom. The number of amides is 1. The van der Waals surface area contributed by atoms with Crippen LogP contribution >= 0.6 is 0 Å². The Labute approximate surface area is 125 Å². The monoisotopic (exact) mass is 293 g/mol. The van der Waals surface area contributed by atoms with E-state index < -0.39 is 0 Å². The van der Waals surface area contributed by atoms with Crippen LogP contribution in [0.25, 0.3) is 0 Å². The molecule has 5 heteroatoms. The summed E-state index contributed by atoms with van der Waals surface area (Å²) in [4.78, 5) is 14.0. The Morgan fingerprint density at radius 2 is 2.14 bits per heavy atom. The van der Waals surface area contributed by atoms with Gasteiger partial charge in [0, 0.05) is 19.1 Å². The van der Waals surface area contributed by atoms with Crippen molar-refractivity contribution in [2.45, 2.75) is 25.3 Å². The molecule has 4 nitrogen and oxygen atoms in total. The number of nitrogens with zero attached hydrogens (tertiary/aromatic N) is 1. The van der Waals surface area contributed by atoms with Crippen molar-refractivity contribution in [1.82, 2.24) is 15.5 Å². The zero-order valence-corrected chi connectivity index (χ0v) is 12.6. The number of likely N-dealkylation sites (N-methyl/N-ethyl adjacent to an activating group) is 1. The molecular weight excluding hydrogens is 269 g/mol. The Balaban J connectivity index is 1.56. The largest absolute Gasteiger partial charge is 0.355 e. The van der Waals surface area contributed by atoms with E-state index in [9.17, 15) is 9.18 Å². The molecule has 0 bridgehead atoms. The number of hydrogen-bond donors (Lipinski definition) is 2. The maximum Gasteiger partial charge on any atom is 0.233 e. The maximum atomic E-state index is 12.8. The summed E-state index contributed by atoms with van der Waals surface area (Å²) >= 11 is 0. The van der Waals surface area contributed by atoms with Crippen molar-refractivity contribution in [2.75, 3.05) is 33.2 Å². The van der Waals surface area contributed by atoms with Crippen molar-refractivity contribution < 1.29 is 9.18 Å². The molecule has 0 spiro atoms. The molecule has 0 radical (unpaired) electrons. The predicted octanol–water partition coefficient (Wildman–Crippen LogP) is 1.17. The molecule has 1 fully saturated rings. The van der Waals surface area contributed by atoms with Crippen LogP contribution in [0.3, 0.4) is 0 Å². The van der Waals surface area contributed by atoms with Gasteiger partial charge in [-0.05, 0) is 50.6 Å². The van der Waals surface area contributed by atoms with Gasteiger partial charge in [-0.2, -0.15) is 0 Å². The minimum absolute atomic E-state index is 0.0118. The molecule has 1 aromatic rings. The quantitative estimate of drug-likeness (QED) is 0.793. The molecule has 1 aliphatic heterocycles. The van der Waals surface area contributed by atoms with E-state index in [4.69, 9.17) is 0 Å². The molecule has 1 unspecified atom stereocenters. The topological polar surface area (TPSA) is 44.4 Å². The van der Waals surface area contributed by atoms with E-state index in [2.05, 4.69) is 22.6 Å². The number of halogens is 1. The summed E-state index contributed by atoms with van der Waals surface area (Å²) in [6, 6.07) is 6.93. The van der Waals surface area contributed by atoms with Crippen LogP contribution in [0, 0.1) is 5.82 Å². The summed E-state index contributed by atoms with van der Waals surface area (Å²) in [6.07, 6.45) is 3.17. The highest BCUT2D eigenvalue weighted by atomic mass is 19.1. The summed E-state index contributed by atoms with van der Waals surface area (Å²) in [5.74, 6) is -0.221. The lowest BCUT2D eigenvalue weighted by molar-refractivity contribution is -0.120. The Morgan fingerprint density at radius 1 is 1.38 bits per heavy atom. The van der Waals surface area contributed by atoms with E-state index in [1.807, 2.05) is 0 Å². The van der Waals surface area contributed by atoms with Crippen LogP contribution in [0.2, 0.25) is 0 Å². The Hall–Kier alpha value is -1.46. The number of benzene rings is 1. The number of carbonyl (C=O) groups excluding carboxylic acids is 1. The third-order valence-electron chi connectivity index (χ3n) is 3.99. The molecule has 1 atom stereocenters. The molecule has 1 amide bonds. The zero-order chi connectivity index (χ0) is 15.1. The molecule has 0 aliphatic carbocycles. The van der Waals surface area contributed by atoms with Crippen molar-refractivity contribution in [3.05, 3.63) is 35.6 Å². The molecule has 2 N–H and O–H groups in total. The fourth-order valence-electron chi connectivity index (χ4n) is 2.65. The lowest BCUT2D eigenvalue weighted by Gasteiger charge is -2.19. The summed E-state index contributed by atoms with van der Waals surface area (Å²) in [7, 11) is 2.13. The van der Waals surface area contributed by atoms with Gasteiger partial charge in [-0.1, -0.05) is 12.1 Å². The highest BCUT2D eigenvalue weighted by Crippen LogP contribution is 2.13. The molecule has 1 aromatic carbocycles. The number of nitrogens with one attached hydrogen (secondary N) is 2. The van der Waals surface area contributed by atoms with Crippen molar-refractivity contribution in [3.63, 3.8) is 0 Å². The molecule has 1 aliphatic rings. The number of likely N-dealkylation sites (tertiary alicyclic amines) is 1. The van der Waals surface area contributed by atoms with E-state index in [1.165, 1.54) is 25.0 Å². The Bertz CT molecular complexity index is 449. The van der Waals surface area contributed by atoms with Crippen molar-refractivity contribution in [2.24, 2.45) is 0 Å². The number of rotatable bonds is 7. The van der Waals surface area contributed by atoms with E-state index in [0.29, 0.717) is 19.1 Å². The van der Waals surface area contributed by atoms with Crippen LogP contribution in [0.1, 0.15) is 18.4 Å². The fourth-order valence-corrected chi connectivity index (χ4v) is 2.65. The van der Waals surface area contributed by atoms with E-state index >= 15 is 0 Å². The summed E-state index contributed by atoms with van der Waals surface area (Å²) < 4.78 is 12.8. The second-order valence-electron chi connectivity index (χ2n) is 5.63. The lowest BCUT2D eigenvalue weighted by Crippen LogP contribution is -2.41. The standard InChI is InChI=1S/C16H24FN3O/c1-20-10-2-3-15(20)11-18-12-16(21)19-9-8-13-4-6-14(17)7-5-13/h4-7,15,18H,2-3,8-12H2,1H3,(H,19,21). The molecular formula is C16H24FN3O. The van der Waals surface area contributed by atoms with Gasteiger partial charge < -0.3 is 15.5 Å². The summed E-state index contributed by atoms with van der Waals surface area (Å²) in [5, 5.41) is 6.08. The lowest BCUT2D eigenvalue weighted by atomic mass is 10.1. The van der Waals surface area contributed by atoms with Gasteiger partial charge in [0.15, 0.2) is 0 Å². The van der Waals surface area contributed by atoms with Crippen LogP contribution < -0.4 is 10.6 Å². The normalized spacial score (nSPS) is 18.9. The highest BCUT2D eigenvalue weighted by Gasteiger charge is 2.20. The minimum Gasteiger partial charge on any atom is -0.355 e. The van der Waals surface area contributed by atoms with Crippen molar-refractivity contribution in [1.29, 1.82) is 0 Å². The van der Waals surface area contributed by atoms with Crippen LogP contribution in [0.4, 0.5) is 4.39 Å².